The van der Waals surface area contributed by atoms with E-state index in [1.807, 2.05) is 0 Å². The Morgan fingerprint density at radius 2 is 1.83 bits per heavy atom. The van der Waals surface area contributed by atoms with E-state index in [-0.39, 0.29) is 22.0 Å². The van der Waals surface area contributed by atoms with Crippen molar-refractivity contribution < 1.29 is 9.90 Å². The van der Waals surface area contributed by atoms with Gasteiger partial charge in [0.15, 0.2) is 5.82 Å². The van der Waals surface area contributed by atoms with E-state index in [9.17, 15) is 9.59 Å². The number of carboxylic acid groups (broad SMARTS) is 1. The van der Waals surface area contributed by atoms with Crippen molar-refractivity contribution in [2.45, 2.75) is 0 Å². The number of para-hydroxylation sites is 1. The van der Waals surface area contributed by atoms with Gasteiger partial charge in [-0.25, -0.2) is 9.78 Å². The Kier molecular flexibility index (Phi) is 3.95. The molecule has 1 aromatic heterocycles. The highest BCUT2D eigenvalue weighted by atomic mass is 35.5. The van der Waals surface area contributed by atoms with Crippen LogP contribution >= 0.6 is 11.6 Å². The van der Waals surface area contributed by atoms with Gasteiger partial charge in [-0.15, -0.1) is 0 Å². The molecule has 0 aliphatic heterocycles. The number of hydrogen-bond acceptors (Lipinski definition) is 3. The summed E-state index contributed by atoms with van der Waals surface area (Å²) in [4.78, 5) is 29.8. The molecule has 0 fully saturated rings. The molecule has 0 aliphatic carbocycles. The van der Waals surface area contributed by atoms with Gasteiger partial charge in [0.25, 0.3) is 5.56 Å². The molecule has 3 aromatic rings. The third-order valence-electron chi connectivity index (χ3n) is 3.29. The Hall–Kier alpha value is -2.92. The maximum atomic E-state index is 12.0. The van der Waals surface area contributed by atoms with Crippen LogP contribution in [0.5, 0.6) is 0 Å². The van der Waals surface area contributed by atoms with Crippen LogP contribution in [-0.4, -0.2) is 21.0 Å². The van der Waals surface area contributed by atoms with Crippen molar-refractivity contribution in [3.8, 4) is 0 Å². The SMILES string of the molecule is O=C(O)c1ccc(/C=C(/Cl)c2nc3ccccc3c(=O)[nH]2)cc1. The van der Waals surface area contributed by atoms with E-state index in [0.717, 1.165) is 0 Å². The van der Waals surface area contributed by atoms with Gasteiger partial charge < -0.3 is 10.1 Å². The van der Waals surface area contributed by atoms with Crippen LogP contribution in [0.2, 0.25) is 0 Å². The average Bonchev–Trinajstić information content (AvgIpc) is 2.55. The molecule has 0 saturated carbocycles. The maximum absolute atomic E-state index is 12.0. The molecule has 0 bridgehead atoms. The summed E-state index contributed by atoms with van der Waals surface area (Å²) >= 11 is 6.23. The van der Waals surface area contributed by atoms with E-state index in [0.29, 0.717) is 16.5 Å². The van der Waals surface area contributed by atoms with Gasteiger partial charge in [-0.1, -0.05) is 35.9 Å². The normalized spacial score (nSPS) is 11.6. The largest absolute Gasteiger partial charge is 0.478 e. The average molecular weight is 327 g/mol. The van der Waals surface area contributed by atoms with Crippen molar-refractivity contribution >= 4 is 39.6 Å². The number of H-pyrrole nitrogens is 1. The monoisotopic (exact) mass is 326 g/mol. The van der Waals surface area contributed by atoms with Gasteiger partial charge in [-0.05, 0) is 35.9 Å². The Bertz CT molecular complexity index is 975. The minimum atomic E-state index is -0.993. The number of aromatic carboxylic acids is 1. The summed E-state index contributed by atoms with van der Waals surface area (Å²) in [5.74, 6) is -0.732. The molecule has 0 aliphatic rings. The molecule has 23 heavy (non-hydrogen) atoms. The van der Waals surface area contributed by atoms with E-state index in [1.54, 1.807) is 42.5 Å². The highest BCUT2D eigenvalue weighted by Crippen LogP contribution is 2.20. The Balaban J connectivity index is 2.00. The second-order valence-corrected chi connectivity index (χ2v) is 5.26. The molecule has 0 radical (unpaired) electrons. The van der Waals surface area contributed by atoms with Crippen LogP contribution < -0.4 is 5.56 Å². The molecule has 0 amide bonds. The van der Waals surface area contributed by atoms with E-state index >= 15 is 0 Å². The van der Waals surface area contributed by atoms with E-state index < -0.39 is 5.97 Å². The van der Waals surface area contributed by atoms with Gasteiger partial charge in [0.05, 0.1) is 21.5 Å². The molecule has 2 aromatic carbocycles. The van der Waals surface area contributed by atoms with E-state index in [4.69, 9.17) is 16.7 Å². The Morgan fingerprint density at radius 1 is 1.13 bits per heavy atom. The lowest BCUT2D eigenvalue weighted by Crippen LogP contribution is -2.10. The number of aromatic nitrogens is 2. The second-order valence-electron chi connectivity index (χ2n) is 4.85. The summed E-state index contributed by atoms with van der Waals surface area (Å²) in [6.45, 7) is 0. The molecule has 5 nitrogen and oxygen atoms in total. The van der Waals surface area contributed by atoms with Crippen LogP contribution in [0.4, 0.5) is 0 Å². The molecule has 0 saturated heterocycles. The number of carbonyl (C=O) groups is 1. The number of hydrogen-bond donors (Lipinski definition) is 2. The standard InChI is InChI=1S/C17H11ClN2O3/c18-13(9-10-5-7-11(8-6-10)17(22)23)15-19-14-4-2-1-3-12(14)16(21)20-15/h1-9H,(H,22,23)(H,19,20,21)/b13-9+. The van der Waals surface area contributed by atoms with Gasteiger partial charge >= 0.3 is 5.97 Å². The first-order chi connectivity index (χ1) is 11.0. The fourth-order valence-electron chi connectivity index (χ4n) is 2.14. The summed E-state index contributed by atoms with van der Waals surface area (Å²) in [6.07, 6.45) is 1.61. The number of carboxylic acids is 1. The summed E-state index contributed by atoms with van der Waals surface area (Å²) in [5, 5.41) is 9.63. The molecular formula is C17H11ClN2O3. The molecular weight excluding hydrogens is 316 g/mol. The van der Waals surface area contributed by atoms with Gasteiger partial charge in [-0.3, -0.25) is 4.79 Å². The van der Waals surface area contributed by atoms with Crippen molar-refractivity contribution in [3.63, 3.8) is 0 Å². The number of benzene rings is 2. The van der Waals surface area contributed by atoms with Crippen LogP contribution in [0.15, 0.2) is 53.3 Å². The van der Waals surface area contributed by atoms with Gasteiger partial charge in [-0.2, -0.15) is 0 Å². The first kappa shape index (κ1) is 15.0. The van der Waals surface area contributed by atoms with E-state index in [2.05, 4.69) is 9.97 Å². The van der Waals surface area contributed by atoms with Crippen LogP contribution in [0.3, 0.4) is 0 Å². The molecule has 0 atom stereocenters. The lowest BCUT2D eigenvalue weighted by molar-refractivity contribution is 0.0697. The molecule has 114 valence electrons. The molecule has 6 heteroatoms. The summed E-state index contributed by atoms with van der Waals surface area (Å²) in [7, 11) is 0. The smallest absolute Gasteiger partial charge is 0.335 e. The predicted octanol–water partition coefficient (Wildman–Crippen LogP) is 3.36. The van der Waals surface area contributed by atoms with Gasteiger partial charge in [0.2, 0.25) is 0 Å². The van der Waals surface area contributed by atoms with Crippen molar-refractivity contribution in [1.82, 2.24) is 9.97 Å². The minimum Gasteiger partial charge on any atom is -0.478 e. The summed E-state index contributed by atoms with van der Waals surface area (Å²) in [5.41, 5.74) is 1.18. The number of halogens is 1. The van der Waals surface area contributed by atoms with Crippen LogP contribution in [0.25, 0.3) is 22.0 Å². The molecule has 0 spiro atoms. The van der Waals surface area contributed by atoms with Crippen LogP contribution in [0.1, 0.15) is 21.7 Å². The molecule has 1 heterocycles. The highest BCUT2D eigenvalue weighted by molar-refractivity contribution is 6.50. The van der Waals surface area contributed by atoms with Crippen molar-refractivity contribution in [2.75, 3.05) is 0 Å². The third-order valence-corrected chi connectivity index (χ3v) is 3.58. The fourth-order valence-corrected chi connectivity index (χ4v) is 2.35. The maximum Gasteiger partial charge on any atom is 0.335 e. The minimum absolute atomic E-state index is 0.190. The zero-order chi connectivity index (χ0) is 16.4. The topological polar surface area (TPSA) is 83.0 Å². The van der Waals surface area contributed by atoms with Crippen molar-refractivity contribution in [1.29, 1.82) is 0 Å². The Morgan fingerprint density at radius 3 is 2.52 bits per heavy atom. The molecule has 3 rings (SSSR count). The zero-order valence-electron chi connectivity index (χ0n) is 11.8. The number of nitrogens with zero attached hydrogens (tertiary/aromatic N) is 1. The lowest BCUT2D eigenvalue weighted by Gasteiger charge is -2.02. The number of aromatic amines is 1. The number of rotatable bonds is 3. The zero-order valence-corrected chi connectivity index (χ0v) is 12.5. The first-order valence-corrected chi connectivity index (χ1v) is 7.12. The van der Waals surface area contributed by atoms with Crippen LogP contribution in [0, 0.1) is 0 Å². The highest BCUT2D eigenvalue weighted by Gasteiger charge is 2.07. The Labute approximate surface area is 135 Å². The summed E-state index contributed by atoms with van der Waals surface area (Å²) < 4.78 is 0. The molecule has 0 unspecified atom stereocenters. The fraction of sp³-hybridized carbons (Fsp3) is 0. The number of nitrogens with one attached hydrogen (secondary N) is 1. The lowest BCUT2D eigenvalue weighted by atomic mass is 10.1. The predicted molar refractivity (Wildman–Crippen MR) is 89.5 cm³/mol. The second kappa shape index (κ2) is 6.06. The van der Waals surface area contributed by atoms with E-state index in [1.165, 1.54) is 12.1 Å². The summed E-state index contributed by atoms with van der Waals surface area (Å²) in [6, 6.07) is 13.2. The van der Waals surface area contributed by atoms with Crippen molar-refractivity contribution in [3.05, 3.63) is 75.8 Å². The quantitative estimate of drug-likeness (QED) is 0.773. The molecule has 2 N–H and O–H groups in total. The van der Waals surface area contributed by atoms with Crippen LogP contribution in [-0.2, 0) is 0 Å². The first-order valence-electron chi connectivity index (χ1n) is 6.74. The van der Waals surface area contributed by atoms with Crippen molar-refractivity contribution in [2.24, 2.45) is 0 Å². The number of fused-ring (bicyclic) bond motifs is 1. The third kappa shape index (κ3) is 3.14. The van der Waals surface area contributed by atoms with Gasteiger partial charge in [0.1, 0.15) is 0 Å². The van der Waals surface area contributed by atoms with Gasteiger partial charge in [0, 0.05) is 0 Å².